The number of likely N-dealkylation sites (tertiary alicyclic amines) is 1. The fourth-order valence-corrected chi connectivity index (χ4v) is 4.71. The van der Waals surface area contributed by atoms with Crippen molar-refractivity contribution < 1.29 is 4.79 Å². The van der Waals surface area contributed by atoms with E-state index in [0.29, 0.717) is 18.0 Å². The highest BCUT2D eigenvalue weighted by molar-refractivity contribution is 5.78. The minimum absolute atomic E-state index is 0.0689. The number of benzene rings is 3. The van der Waals surface area contributed by atoms with Gasteiger partial charge in [-0.1, -0.05) is 72.8 Å². The molecule has 1 N–H and O–H groups in total. The van der Waals surface area contributed by atoms with Crippen LogP contribution in [0.5, 0.6) is 0 Å². The highest BCUT2D eigenvalue weighted by Gasteiger charge is 2.25. The molecule has 1 fully saturated rings. The normalized spacial score (nSPS) is 14.7. The van der Waals surface area contributed by atoms with Crippen molar-refractivity contribution in [3.63, 3.8) is 0 Å². The second-order valence-corrected chi connectivity index (χ2v) is 8.81. The number of nitriles is 1. The molecule has 0 saturated carbocycles. The van der Waals surface area contributed by atoms with Gasteiger partial charge in [-0.05, 0) is 67.7 Å². The van der Waals surface area contributed by atoms with E-state index >= 15 is 0 Å². The average Bonchev–Trinajstić information content (AvgIpc) is 2.89. The van der Waals surface area contributed by atoms with Gasteiger partial charge in [0.15, 0.2) is 0 Å². The number of carbonyl (C=O) groups excluding carboxylic acids is 1. The third-order valence-corrected chi connectivity index (χ3v) is 6.62. The molecule has 0 unspecified atom stereocenters. The summed E-state index contributed by atoms with van der Waals surface area (Å²) in [5.41, 5.74) is 4.31. The lowest BCUT2D eigenvalue weighted by molar-refractivity contribution is -0.126. The van der Waals surface area contributed by atoms with Crippen LogP contribution in [0, 0.1) is 17.2 Å². The Morgan fingerprint density at radius 3 is 2.18 bits per heavy atom. The first-order valence-electron chi connectivity index (χ1n) is 11.8. The smallest absolute Gasteiger partial charge is 0.223 e. The van der Waals surface area contributed by atoms with Crippen molar-refractivity contribution in [3.8, 4) is 6.07 Å². The van der Waals surface area contributed by atoms with Crippen molar-refractivity contribution in [3.05, 3.63) is 107 Å². The highest BCUT2D eigenvalue weighted by atomic mass is 16.1. The molecule has 3 aromatic carbocycles. The van der Waals surface area contributed by atoms with E-state index in [0.717, 1.165) is 44.5 Å². The summed E-state index contributed by atoms with van der Waals surface area (Å²) in [7, 11) is 0. The molecule has 1 amide bonds. The molecule has 1 heterocycles. The van der Waals surface area contributed by atoms with E-state index in [-0.39, 0.29) is 11.8 Å². The average molecular weight is 438 g/mol. The third kappa shape index (κ3) is 6.31. The number of nitrogens with zero attached hydrogens (tertiary/aromatic N) is 2. The largest absolute Gasteiger partial charge is 0.352 e. The van der Waals surface area contributed by atoms with Crippen LogP contribution < -0.4 is 5.32 Å². The van der Waals surface area contributed by atoms with Gasteiger partial charge < -0.3 is 10.2 Å². The van der Waals surface area contributed by atoms with Crippen LogP contribution in [0.2, 0.25) is 0 Å². The SMILES string of the molecule is N#Cc1cccc(CNC(=O)C2CCN(CCC(c3ccccc3)c3ccccc3)CC2)c1. The van der Waals surface area contributed by atoms with Gasteiger partial charge in [-0.25, -0.2) is 0 Å². The fourth-order valence-electron chi connectivity index (χ4n) is 4.71. The molecular formula is C29H31N3O. The van der Waals surface area contributed by atoms with Gasteiger partial charge in [0.2, 0.25) is 5.91 Å². The lowest BCUT2D eigenvalue weighted by Crippen LogP contribution is -2.40. The molecule has 0 aliphatic carbocycles. The van der Waals surface area contributed by atoms with Crippen LogP contribution in [0.3, 0.4) is 0 Å². The van der Waals surface area contributed by atoms with Crippen LogP contribution in [0.1, 0.15) is 47.4 Å². The van der Waals surface area contributed by atoms with Crippen LogP contribution in [0.25, 0.3) is 0 Å². The molecule has 0 bridgehead atoms. The third-order valence-electron chi connectivity index (χ3n) is 6.62. The van der Waals surface area contributed by atoms with E-state index in [1.54, 1.807) is 6.07 Å². The van der Waals surface area contributed by atoms with Crippen LogP contribution in [-0.4, -0.2) is 30.4 Å². The molecule has 1 saturated heterocycles. The lowest BCUT2D eigenvalue weighted by Gasteiger charge is -2.32. The van der Waals surface area contributed by atoms with Crippen LogP contribution in [0.15, 0.2) is 84.9 Å². The number of piperidine rings is 1. The Hall–Kier alpha value is -3.42. The first kappa shape index (κ1) is 22.8. The summed E-state index contributed by atoms with van der Waals surface area (Å²) < 4.78 is 0. The molecule has 0 radical (unpaired) electrons. The number of hydrogen-bond acceptors (Lipinski definition) is 3. The predicted molar refractivity (Wildman–Crippen MR) is 132 cm³/mol. The van der Waals surface area contributed by atoms with Gasteiger partial charge in [0.25, 0.3) is 0 Å². The Balaban J connectivity index is 1.27. The molecule has 4 nitrogen and oxygen atoms in total. The van der Waals surface area contributed by atoms with Crippen molar-refractivity contribution in [2.45, 2.75) is 31.7 Å². The molecule has 3 aromatic rings. The van der Waals surface area contributed by atoms with Crippen molar-refractivity contribution in [1.82, 2.24) is 10.2 Å². The maximum atomic E-state index is 12.7. The Morgan fingerprint density at radius 2 is 1.58 bits per heavy atom. The first-order chi connectivity index (χ1) is 16.2. The molecule has 4 rings (SSSR count). The fraction of sp³-hybridized carbons (Fsp3) is 0.310. The maximum Gasteiger partial charge on any atom is 0.223 e. The Kier molecular flexibility index (Phi) is 7.90. The Labute approximate surface area is 196 Å². The second kappa shape index (κ2) is 11.4. The van der Waals surface area contributed by atoms with E-state index in [1.165, 1.54) is 11.1 Å². The molecule has 168 valence electrons. The number of carbonyl (C=O) groups is 1. The van der Waals surface area contributed by atoms with Gasteiger partial charge in [0, 0.05) is 18.4 Å². The quantitative estimate of drug-likeness (QED) is 0.533. The second-order valence-electron chi connectivity index (χ2n) is 8.81. The predicted octanol–water partition coefficient (Wildman–Crippen LogP) is 5.11. The molecule has 0 spiro atoms. The van der Waals surface area contributed by atoms with Gasteiger partial charge in [0.1, 0.15) is 0 Å². The van der Waals surface area contributed by atoms with E-state index in [1.807, 2.05) is 18.2 Å². The van der Waals surface area contributed by atoms with Gasteiger partial charge in [-0.15, -0.1) is 0 Å². The molecule has 4 heteroatoms. The first-order valence-corrected chi connectivity index (χ1v) is 11.8. The monoisotopic (exact) mass is 437 g/mol. The number of hydrogen-bond donors (Lipinski definition) is 1. The summed E-state index contributed by atoms with van der Waals surface area (Å²) in [5, 5.41) is 12.1. The minimum atomic E-state index is 0.0689. The van der Waals surface area contributed by atoms with Crippen molar-refractivity contribution in [1.29, 1.82) is 5.26 Å². The zero-order valence-electron chi connectivity index (χ0n) is 19.0. The zero-order chi connectivity index (χ0) is 22.9. The molecule has 0 aromatic heterocycles. The standard InChI is InChI=1S/C29H31N3O/c30-21-23-8-7-9-24(20-23)22-31-29(33)27-14-17-32(18-15-27)19-16-28(25-10-3-1-4-11-25)26-12-5-2-6-13-26/h1-13,20,27-28H,14-19,22H2,(H,31,33). The Morgan fingerprint density at radius 1 is 0.939 bits per heavy atom. The van der Waals surface area contributed by atoms with Gasteiger partial charge in [0.05, 0.1) is 11.6 Å². The number of amides is 1. The van der Waals surface area contributed by atoms with Crippen molar-refractivity contribution >= 4 is 5.91 Å². The minimum Gasteiger partial charge on any atom is -0.352 e. The summed E-state index contributed by atoms with van der Waals surface area (Å²) in [5.74, 6) is 0.584. The van der Waals surface area contributed by atoms with Crippen LogP contribution in [-0.2, 0) is 11.3 Å². The molecule has 1 aliphatic heterocycles. The molecule has 1 aliphatic rings. The summed E-state index contributed by atoms with van der Waals surface area (Å²) in [6.45, 7) is 3.42. The molecule has 0 atom stereocenters. The van der Waals surface area contributed by atoms with E-state index in [4.69, 9.17) is 5.26 Å². The van der Waals surface area contributed by atoms with Crippen LogP contribution in [0.4, 0.5) is 0 Å². The number of nitrogens with one attached hydrogen (secondary N) is 1. The molecule has 33 heavy (non-hydrogen) atoms. The van der Waals surface area contributed by atoms with Gasteiger partial charge in [-0.2, -0.15) is 5.26 Å². The van der Waals surface area contributed by atoms with Crippen molar-refractivity contribution in [2.24, 2.45) is 5.92 Å². The van der Waals surface area contributed by atoms with E-state index < -0.39 is 0 Å². The van der Waals surface area contributed by atoms with E-state index in [9.17, 15) is 4.79 Å². The van der Waals surface area contributed by atoms with Gasteiger partial charge >= 0.3 is 0 Å². The summed E-state index contributed by atoms with van der Waals surface area (Å²) in [6.07, 6.45) is 2.86. The topological polar surface area (TPSA) is 56.1 Å². The molecular weight excluding hydrogens is 406 g/mol. The summed E-state index contributed by atoms with van der Waals surface area (Å²) >= 11 is 0. The number of rotatable bonds is 8. The van der Waals surface area contributed by atoms with E-state index in [2.05, 4.69) is 76.9 Å². The summed E-state index contributed by atoms with van der Waals surface area (Å²) in [6, 6.07) is 31.1. The van der Waals surface area contributed by atoms with Crippen molar-refractivity contribution in [2.75, 3.05) is 19.6 Å². The summed E-state index contributed by atoms with van der Waals surface area (Å²) in [4.78, 5) is 15.2. The lowest BCUT2D eigenvalue weighted by atomic mass is 9.88. The zero-order valence-corrected chi connectivity index (χ0v) is 19.0. The maximum absolute atomic E-state index is 12.7. The van der Waals surface area contributed by atoms with Crippen LogP contribution >= 0.6 is 0 Å². The Bertz CT molecular complexity index is 1030. The van der Waals surface area contributed by atoms with Gasteiger partial charge in [-0.3, -0.25) is 4.79 Å². The highest BCUT2D eigenvalue weighted by Crippen LogP contribution is 2.29.